The van der Waals surface area contributed by atoms with Crippen LogP contribution >= 0.6 is 12.4 Å². The summed E-state index contributed by atoms with van der Waals surface area (Å²) in [4.78, 5) is 0. The number of hydrogen-bond acceptors (Lipinski definition) is 0. The molecule has 0 atom stereocenters. The molecule has 0 aromatic rings. The van der Waals surface area contributed by atoms with Gasteiger partial charge >= 0.3 is 18.9 Å². The smallest absolute Gasteiger partial charge is 0.343 e. The van der Waals surface area contributed by atoms with Crippen molar-refractivity contribution in [2.45, 2.75) is 44.2 Å². The Morgan fingerprint density at radius 1 is 1.09 bits per heavy atom. The molecule has 0 aromatic carbocycles. The van der Waals surface area contributed by atoms with Crippen LogP contribution in [-0.4, -0.2) is 15.2 Å². The van der Waals surface area contributed by atoms with Crippen molar-refractivity contribution in [3.63, 3.8) is 0 Å². The molecule has 0 spiro atoms. The minimum atomic E-state index is 0. The summed E-state index contributed by atoms with van der Waals surface area (Å²) in [6.45, 7) is 10.2. The van der Waals surface area contributed by atoms with Crippen molar-refractivity contribution in [2.75, 3.05) is 0 Å². The van der Waals surface area contributed by atoms with E-state index < -0.39 is 0 Å². The molecule has 63 valence electrons. The van der Waals surface area contributed by atoms with E-state index >= 15 is 0 Å². The van der Waals surface area contributed by atoms with Gasteiger partial charge in [-0.15, -0.1) is 23.0 Å². The fourth-order valence-electron chi connectivity index (χ4n) is 0.289. The largest absolute Gasteiger partial charge is 1.00 e. The molecule has 0 aromatic heterocycles. The number of hydrogen-bond donors (Lipinski definition) is 0. The maximum absolute atomic E-state index is 3.60. The molecule has 0 aliphatic carbocycles. The second kappa shape index (κ2) is 30.1. The number of halogens is 1. The zero-order chi connectivity index (χ0) is 7.54. The van der Waals surface area contributed by atoms with E-state index in [1.165, 1.54) is 17.0 Å². The molecule has 0 aliphatic rings. The first-order valence-corrected chi connectivity index (χ1v) is 5.57. The van der Waals surface area contributed by atoms with Crippen molar-refractivity contribution in [3.8, 4) is 0 Å². The summed E-state index contributed by atoms with van der Waals surface area (Å²) in [5, 5.41) is 2.85. The van der Waals surface area contributed by atoms with Gasteiger partial charge in [0.2, 0.25) is 0 Å². The summed E-state index contributed by atoms with van der Waals surface area (Å²) >= 11 is 0.815. The zero-order valence-corrected chi connectivity index (χ0v) is 10.5. The summed E-state index contributed by atoms with van der Waals surface area (Å²) in [6, 6.07) is 0. The average molecular weight is 186 g/mol. The van der Waals surface area contributed by atoms with Gasteiger partial charge < -0.3 is 6.92 Å². The third-order valence-corrected chi connectivity index (χ3v) is 2.09. The molecule has 0 saturated heterocycles. The van der Waals surface area contributed by atoms with Crippen molar-refractivity contribution in [2.24, 2.45) is 0 Å². The predicted octanol–water partition coefficient (Wildman–Crippen LogP) is 0.613. The minimum absolute atomic E-state index is 0. The quantitative estimate of drug-likeness (QED) is 0.447. The molecule has 0 amide bonds. The molecule has 0 bridgehead atoms. The molecule has 0 rings (SSSR count). The topological polar surface area (TPSA) is 0 Å². The van der Waals surface area contributed by atoms with E-state index in [0.717, 1.165) is 21.6 Å². The van der Waals surface area contributed by atoms with Crippen LogP contribution in [0.25, 0.3) is 0 Å². The van der Waals surface area contributed by atoms with Crippen LogP contribution in [0, 0.1) is 6.92 Å². The maximum atomic E-state index is 3.60. The van der Waals surface area contributed by atoms with Crippen LogP contribution in [0.5, 0.6) is 0 Å². The average Bonchev–Trinajstić information content (AvgIpc) is 1.91. The second-order valence-corrected chi connectivity index (χ2v) is 4.17. The first-order chi connectivity index (χ1) is 4.33. The standard InChI is InChI=1S/C4H9.2C2H5.Al.ClH.Li/c1-3-4-2;2*1-2;;;/h1,3-4H2,2H3;2*1H2,2H3;;1H;/q-1;;;;;+1. The Labute approximate surface area is 97.2 Å². The molecule has 0 aliphatic heterocycles. The van der Waals surface area contributed by atoms with E-state index in [1.54, 1.807) is 0 Å². The first-order valence-electron chi connectivity index (χ1n) is 3.94. The molecular weight excluding hydrogens is 165 g/mol. The fraction of sp³-hybridized carbons (Fsp3) is 0.875. The molecule has 0 fully saturated rings. The van der Waals surface area contributed by atoms with Crippen LogP contribution in [-0.2, 0) is 0 Å². The molecule has 11 heavy (non-hydrogen) atoms. The van der Waals surface area contributed by atoms with Crippen LogP contribution in [0.15, 0.2) is 0 Å². The zero-order valence-electron chi connectivity index (χ0n) is 8.52. The monoisotopic (exact) mass is 185 g/mol. The van der Waals surface area contributed by atoms with Gasteiger partial charge in [0.1, 0.15) is 0 Å². The molecule has 0 unspecified atom stereocenters. The Hall–Kier alpha value is 1.42. The van der Waals surface area contributed by atoms with Crippen molar-refractivity contribution < 1.29 is 18.9 Å². The molecule has 0 saturated carbocycles. The van der Waals surface area contributed by atoms with Gasteiger partial charge in [0.25, 0.3) is 0 Å². The third kappa shape index (κ3) is 51.9. The van der Waals surface area contributed by atoms with Crippen LogP contribution in [0.2, 0.25) is 10.6 Å². The van der Waals surface area contributed by atoms with Gasteiger partial charge in [-0.25, -0.2) is 0 Å². The summed E-state index contributed by atoms with van der Waals surface area (Å²) in [6.07, 6.45) is 2.28. The normalized spacial score (nSPS) is 6.18. The van der Waals surface area contributed by atoms with E-state index in [0.29, 0.717) is 0 Å². The Bertz CT molecular complexity index is 33.3. The fourth-order valence-corrected chi connectivity index (χ4v) is 0.866. The Kier molecular flexibility index (Phi) is 62.5. The molecule has 1 radical (unpaired) electrons. The molecule has 3 heteroatoms. The van der Waals surface area contributed by atoms with Gasteiger partial charge in [-0.3, -0.25) is 0 Å². The van der Waals surface area contributed by atoms with Crippen LogP contribution < -0.4 is 18.9 Å². The van der Waals surface area contributed by atoms with Gasteiger partial charge in [0, 0.05) is 0 Å². The molecule has 0 nitrogen and oxygen atoms in total. The van der Waals surface area contributed by atoms with Crippen LogP contribution in [0.1, 0.15) is 33.6 Å². The van der Waals surface area contributed by atoms with Gasteiger partial charge in [0.15, 0.2) is 15.2 Å². The van der Waals surface area contributed by atoms with Crippen molar-refractivity contribution in [1.82, 2.24) is 0 Å². The summed E-state index contributed by atoms with van der Waals surface area (Å²) in [7, 11) is 0. The SMILES string of the molecule is C[CH2][Al][CH2]C.Cl.[CH2-]CCC.[Li+]. The number of unbranched alkanes of at least 4 members (excludes halogenated alkanes) is 1. The second-order valence-electron chi connectivity index (χ2n) is 1.96. The molecular formula is C8H20AlClLi. The summed E-state index contributed by atoms with van der Waals surface area (Å²) in [5.74, 6) is 0. The van der Waals surface area contributed by atoms with Gasteiger partial charge in [-0.05, 0) is 0 Å². The van der Waals surface area contributed by atoms with E-state index in [-0.39, 0.29) is 31.3 Å². The Morgan fingerprint density at radius 3 is 1.36 bits per heavy atom. The van der Waals surface area contributed by atoms with Gasteiger partial charge in [0.05, 0.1) is 0 Å². The predicted molar refractivity (Wildman–Crippen MR) is 54.2 cm³/mol. The number of rotatable bonds is 3. The van der Waals surface area contributed by atoms with Crippen molar-refractivity contribution >= 4 is 27.6 Å². The third-order valence-electron chi connectivity index (χ3n) is 0.931. The van der Waals surface area contributed by atoms with Crippen molar-refractivity contribution in [3.05, 3.63) is 6.92 Å². The van der Waals surface area contributed by atoms with Gasteiger partial charge in [-0.2, -0.15) is 6.42 Å². The van der Waals surface area contributed by atoms with Crippen molar-refractivity contribution in [1.29, 1.82) is 0 Å². The first kappa shape index (κ1) is 22.8. The van der Waals surface area contributed by atoms with E-state index in [1.807, 2.05) is 0 Å². The van der Waals surface area contributed by atoms with Crippen LogP contribution in [0.4, 0.5) is 0 Å². The molecule has 0 heterocycles. The minimum Gasteiger partial charge on any atom is -0.343 e. The van der Waals surface area contributed by atoms with Crippen LogP contribution in [0.3, 0.4) is 0 Å². The maximum Gasteiger partial charge on any atom is 1.00 e. The van der Waals surface area contributed by atoms with E-state index in [2.05, 4.69) is 27.7 Å². The molecule has 0 N–H and O–H groups in total. The summed E-state index contributed by atoms with van der Waals surface area (Å²) in [5.41, 5.74) is 0. The summed E-state index contributed by atoms with van der Waals surface area (Å²) < 4.78 is 0. The van der Waals surface area contributed by atoms with E-state index in [9.17, 15) is 0 Å². The van der Waals surface area contributed by atoms with E-state index in [4.69, 9.17) is 0 Å². The Morgan fingerprint density at radius 2 is 1.36 bits per heavy atom. The van der Waals surface area contributed by atoms with Gasteiger partial charge in [-0.1, -0.05) is 27.2 Å². The Balaban J connectivity index is -0.0000000383.